The summed E-state index contributed by atoms with van der Waals surface area (Å²) >= 11 is 1.62. The number of thiophene rings is 1. The van der Waals surface area contributed by atoms with Crippen LogP contribution in [0.5, 0.6) is 0 Å². The van der Waals surface area contributed by atoms with Crippen LogP contribution in [-0.2, 0) is 11.3 Å². The van der Waals surface area contributed by atoms with E-state index in [0.29, 0.717) is 36.7 Å². The van der Waals surface area contributed by atoms with Crippen LogP contribution in [0.2, 0.25) is 0 Å². The Hall–Kier alpha value is -3.00. The van der Waals surface area contributed by atoms with Crippen LogP contribution in [-0.4, -0.2) is 45.0 Å². The third-order valence-corrected chi connectivity index (χ3v) is 5.71. The quantitative estimate of drug-likeness (QED) is 0.695. The Morgan fingerprint density at radius 2 is 2.18 bits per heavy atom. The van der Waals surface area contributed by atoms with Crippen LogP contribution in [0.1, 0.15) is 28.2 Å². The second-order valence-corrected chi connectivity index (χ2v) is 7.80. The Kier molecular flexibility index (Phi) is 5.48. The SMILES string of the molecule is O=C(NCc1cccs1)[C@H]1CCCN(C(=O)c2cc(-c3ccccn3)n[nH]2)C1. The van der Waals surface area contributed by atoms with Crippen molar-refractivity contribution in [1.29, 1.82) is 0 Å². The van der Waals surface area contributed by atoms with Crippen molar-refractivity contribution in [3.63, 3.8) is 0 Å². The van der Waals surface area contributed by atoms with Crippen molar-refractivity contribution in [2.45, 2.75) is 19.4 Å². The van der Waals surface area contributed by atoms with Gasteiger partial charge in [-0.15, -0.1) is 11.3 Å². The van der Waals surface area contributed by atoms with E-state index in [-0.39, 0.29) is 17.7 Å². The molecule has 0 aliphatic carbocycles. The summed E-state index contributed by atoms with van der Waals surface area (Å²) in [6.07, 6.45) is 3.29. The van der Waals surface area contributed by atoms with Gasteiger partial charge in [0, 0.05) is 24.2 Å². The van der Waals surface area contributed by atoms with Gasteiger partial charge >= 0.3 is 0 Å². The number of carbonyl (C=O) groups excluding carboxylic acids is 2. The first-order valence-electron chi connectivity index (χ1n) is 9.27. The van der Waals surface area contributed by atoms with Crippen LogP contribution < -0.4 is 5.32 Å². The zero-order valence-electron chi connectivity index (χ0n) is 15.3. The molecule has 7 nitrogen and oxygen atoms in total. The third kappa shape index (κ3) is 4.12. The molecular weight excluding hydrogens is 374 g/mol. The van der Waals surface area contributed by atoms with Crippen LogP contribution in [0, 0.1) is 5.92 Å². The van der Waals surface area contributed by atoms with Crippen molar-refractivity contribution in [3.05, 3.63) is 58.5 Å². The molecule has 144 valence electrons. The van der Waals surface area contributed by atoms with Gasteiger partial charge in [-0.05, 0) is 42.5 Å². The lowest BCUT2D eigenvalue weighted by atomic mass is 9.97. The normalized spacial score (nSPS) is 16.7. The fourth-order valence-electron chi connectivity index (χ4n) is 3.35. The molecule has 2 amide bonds. The average molecular weight is 395 g/mol. The first-order chi connectivity index (χ1) is 13.7. The second kappa shape index (κ2) is 8.35. The Balaban J connectivity index is 1.38. The summed E-state index contributed by atoms with van der Waals surface area (Å²) < 4.78 is 0. The van der Waals surface area contributed by atoms with Gasteiger partial charge < -0.3 is 10.2 Å². The number of likely N-dealkylation sites (tertiary alicyclic amines) is 1. The van der Waals surface area contributed by atoms with Crippen molar-refractivity contribution in [2.24, 2.45) is 5.92 Å². The molecule has 1 atom stereocenters. The smallest absolute Gasteiger partial charge is 0.271 e. The van der Waals surface area contributed by atoms with E-state index < -0.39 is 0 Å². The van der Waals surface area contributed by atoms with Gasteiger partial charge in [-0.3, -0.25) is 19.7 Å². The van der Waals surface area contributed by atoms with E-state index in [1.165, 1.54) is 0 Å². The Morgan fingerprint density at radius 3 is 2.96 bits per heavy atom. The van der Waals surface area contributed by atoms with Crippen molar-refractivity contribution in [3.8, 4) is 11.4 Å². The largest absolute Gasteiger partial charge is 0.351 e. The maximum Gasteiger partial charge on any atom is 0.271 e. The molecule has 3 aromatic heterocycles. The number of pyridine rings is 1. The monoisotopic (exact) mass is 395 g/mol. The van der Waals surface area contributed by atoms with Crippen LogP contribution in [0.3, 0.4) is 0 Å². The van der Waals surface area contributed by atoms with E-state index in [4.69, 9.17) is 0 Å². The van der Waals surface area contributed by atoms with Gasteiger partial charge in [0.1, 0.15) is 11.4 Å². The number of nitrogens with one attached hydrogen (secondary N) is 2. The summed E-state index contributed by atoms with van der Waals surface area (Å²) in [6.45, 7) is 1.60. The summed E-state index contributed by atoms with van der Waals surface area (Å²) in [4.78, 5) is 32.5. The van der Waals surface area contributed by atoms with Crippen molar-refractivity contribution >= 4 is 23.2 Å². The summed E-state index contributed by atoms with van der Waals surface area (Å²) in [6, 6.07) is 11.2. The average Bonchev–Trinajstić information content (AvgIpc) is 3.44. The first-order valence-corrected chi connectivity index (χ1v) is 10.1. The van der Waals surface area contributed by atoms with Crippen molar-refractivity contribution in [2.75, 3.05) is 13.1 Å². The molecule has 1 fully saturated rings. The van der Waals surface area contributed by atoms with Gasteiger partial charge in [-0.1, -0.05) is 12.1 Å². The number of H-pyrrole nitrogens is 1. The zero-order valence-corrected chi connectivity index (χ0v) is 16.1. The lowest BCUT2D eigenvalue weighted by Crippen LogP contribution is -2.45. The predicted molar refractivity (Wildman–Crippen MR) is 107 cm³/mol. The van der Waals surface area contributed by atoms with Crippen LogP contribution >= 0.6 is 11.3 Å². The number of nitrogens with zero attached hydrogens (tertiary/aromatic N) is 3. The minimum Gasteiger partial charge on any atom is -0.351 e. The number of aromatic nitrogens is 3. The highest BCUT2D eigenvalue weighted by molar-refractivity contribution is 7.09. The van der Waals surface area contributed by atoms with Gasteiger partial charge in [-0.25, -0.2) is 0 Å². The van der Waals surface area contributed by atoms with Crippen LogP contribution in [0.4, 0.5) is 0 Å². The van der Waals surface area contributed by atoms with Gasteiger partial charge in [-0.2, -0.15) is 5.10 Å². The van der Waals surface area contributed by atoms with E-state index in [9.17, 15) is 9.59 Å². The lowest BCUT2D eigenvalue weighted by Gasteiger charge is -2.31. The highest BCUT2D eigenvalue weighted by Crippen LogP contribution is 2.21. The van der Waals surface area contributed by atoms with E-state index in [1.807, 2.05) is 35.7 Å². The standard InChI is InChI=1S/C20H21N5O2S/c26-19(22-12-15-6-4-10-28-15)14-5-3-9-25(13-14)20(27)18-11-17(23-24-18)16-7-1-2-8-21-16/h1-2,4,6-8,10-11,14H,3,5,9,12-13H2,(H,22,26)(H,23,24)/t14-/m0/s1. The number of rotatable bonds is 5. The molecule has 3 aromatic rings. The van der Waals surface area contributed by atoms with Crippen molar-refractivity contribution < 1.29 is 9.59 Å². The van der Waals surface area contributed by atoms with E-state index >= 15 is 0 Å². The number of carbonyl (C=O) groups is 2. The second-order valence-electron chi connectivity index (χ2n) is 6.77. The first kappa shape index (κ1) is 18.4. The van der Waals surface area contributed by atoms with Gasteiger partial charge in [0.05, 0.1) is 18.2 Å². The molecule has 0 spiro atoms. The summed E-state index contributed by atoms with van der Waals surface area (Å²) in [5.74, 6) is -0.314. The molecule has 1 saturated heterocycles. The topological polar surface area (TPSA) is 91.0 Å². The number of hydrogen-bond acceptors (Lipinski definition) is 5. The fraction of sp³-hybridized carbons (Fsp3) is 0.300. The zero-order chi connectivity index (χ0) is 19.3. The molecule has 0 radical (unpaired) electrons. The molecule has 1 aliphatic heterocycles. The molecule has 4 rings (SSSR count). The molecule has 0 unspecified atom stereocenters. The Morgan fingerprint density at radius 1 is 1.25 bits per heavy atom. The number of piperidine rings is 1. The maximum absolute atomic E-state index is 12.9. The molecule has 8 heteroatoms. The molecule has 2 N–H and O–H groups in total. The predicted octanol–water partition coefficient (Wildman–Crippen LogP) is 2.70. The maximum atomic E-state index is 12.9. The lowest BCUT2D eigenvalue weighted by molar-refractivity contribution is -0.126. The Bertz CT molecular complexity index is 939. The summed E-state index contributed by atoms with van der Waals surface area (Å²) in [7, 11) is 0. The third-order valence-electron chi connectivity index (χ3n) is 4.83. The van der Waals surface area contributed by atoms with Gasteiger partial charge in [0.2, 0.25) is 5.91 Å². The number of aromatic amines is 1. The molecular formula is C20H21N5O2S. The minimum atomic E-state index is -0.184. The van der Waals surface area contributed by atoms with Crippen molar-refractivity contribution in [1.82, 2.24) is 25.4 Å². The molecule has 0 bridgehead atoms. The van der Waals surface area contributed by atoms with E-state index in [1.54, 1.807) is 28.5 Å². The van der Waals surface area contributed by atoms with E-state index in [2.05, 4.69) is 20.5 Å². The highest BCUT2D eigenvalue weighted by Gasteiger charge is 2.29. The number of hydrogen-bond donors (Lipinski definition) is 2. The highest BCUT2D eigenvalue weighted by atomic mass is 32.1. The molecule has 28 heavy (non-hydrogen) atoms. The summed E-state index contributed by atoms with van der Waals surface area (Å²) in [5.41, 5.74) is 1.76. The number of amides is 2. The Labute approximate surface area is 166 Å². The molecule has 0 saturated carbocycles. The molecule has 0 aromatic carbocycles. The molecule has 4 heterocycles. The fourth-order valence-corrected chi connectivity index (χ4v) is 4.00. The van der Waals surface area contributed by atoms with Gasteiger partial charge in [0.25, 0.3) is 5.91 Å². The summed E-state index contributed by atoms with van der Waals surface area (Å²) in [5, 5.41) is 12.0. The van der Waals surface area contributed by atoms with E-state index in [0.717, 1.165) is 17.7 Å². The minimum absolute atomic E-state index is 0.00434. The van der Waals surface area contributed by atoms with Crippen LogP contribution in [0.25, 0.3) is 11.4 Å². The van der Waals surface area contributed by atoms with Gasteiger partial charge in [0.15, 0.2) is 0 Å². The molecule has 1 aliphatic rings. The van der Waals surface area contributed by atoms with Crippen LogP contribution in [0.15, 0.2) is 48.0 Å².